The van der Waals surface area contributed by atoms with E-state index in [0.717, 1.165) is 25.7 Å². The van der Waals surface area contributed by atoms with Gasteiger partial charge in [-0.05, 0) is 104 Å². The molecule has 0 spiro atoms. The Morgan fingerprint density at radius 3 is 1.48 bits per heavy atom. The monoisotopic (exact) mass is 371 g/mol. The quantitative estimate of drug-likeness (QED) is 0.146. The molecule has 0 aliphatic heterocycles. The number of hydrogen-bond acceptors (Lipinski definition) is 1. The van der Waals surface area contributed by atoms with E-state index in [2.05, 4.69) is 87.5 Å². The summed E-state index contributed by atoms with van der Waals surface area (Å²) in [6.45, 7) is 8.59. The van der Waals surface area contributed by atoms with Gasteiger partial charge in [-0.1, -0.05) is 55.5 Å². The minimum Gasteiger partial charge on any atom is -0.292 e. The smallest absolute Gasteiger partial charge is 0.0520 e. The van der Waals surface area contributed by atoms with E-state index in [1.165, 1.54) is 51.4 Å². The van der Waals surface area contributed by atoms with Gasteiger partial charge < -0.3 is 0 Å². The first-order chi connectivity index (χ1) is 13.1. The standard InChI is InChI=1S/C26H45N/c1-5-6-7-8-9-10-11-12-13-14-15-16-17-18-19-20-21-22-23-24-25-27-26(2,3)4/h6-7,9-10,15-16,21-22,25H,5,8,11-14,17-20,23-24H2,1-4H3/b7-6-,10-9-,16-15-,22-21-,27-25?. The molecule has 154 valence electrons. The van der Waals surface area contributed by atoms with Crippen LogP contribution in [0.3, 0.4) is 0 Å². The summed E-state index contributed by atoms with van der Waals surface area (Å²) >= 11 is 0. The van der Waals surface area contributed by atoms with Gasteiger partial charge in [-0.2, -0.15) is 0 Å². The van der Waals surface area contributed by atoms with Gasteiger partial charge in [0.25, 0.3) is 0 Å². The van der Waals surface area contributed by atoms with Crippen LogP contribution in [0.1, 0.15) is 105 Å². The largest absolute Gasteiger partial charge is 0.292 e. The lowest BCUT2D eigenvalue weighted by Gasteiger charge is -2.10. The van der Waals surface area contributed by atoms with Crippen molar-refractivity contribution in [1.82, 2.24) is 0 Å². The minimum absolute atomic E-state index is 0.0694. The van der Waals surface area contributed by atoms with Gasteiger partial charge in [-0.15, -0.1) is 0 Å². The Bertz CT molecular complexity index is 443. The highest BCUT2D eigenvalue weighted by Gasteiger charge is 2.03. The molecule has 0 rings (SSSR count). The van der Waals surface area contributed by atoms with Crippen LogP contribution in [-0.4, -0.2) is 11.8 Å². The van der Waals surface area contributed by atoms with E-state index < -0.39 is 0 Å². The molecule has 1 heteroatoms. The summed E-state index contributed by atoms with van der Waals surface area (Å²) in [4.78, 5) is 4.50. The normalized spacial score (nSPS) is 13.5. The third-order valence-electron chi connectivity index (χ3n) is 4.10. The van der Waals surface area contributed by atoms with E-state index in [-0.39, 0.29) is 5.54 Å². The molecule has 0 aromatic carbocycles. The van der Waals surface area contributed by atoms with Gasteiger partial charge in [-0.25, -0.2) is 0 Å². The van der Waals surface area contributed by atoms with Crippen molar-refractivity contribution in [3.8, 4) is 0 Å². The Kier molecular flexibility index (Phi) is 18.4. The molecule has 27 heavy (non-hydrogen) atoms. The van der Waals surface area contributed by atoms with E-state index in [1.54, 1.807) is 0 Å². The fraction of sp³-hybridized carbons (Fsp3) is 0.654. The summed E-state index contributed by atoms with van der Waals surface area (Å²) in [5.41, 5.74) is 0.0694. The lowest BCUT2D eigenvalue weighted by Crippen LogP contribution is -2.09. The van der Waals surface area contributed by atoms with Gasteiger partial charge in [0.15, 0.2) is 0 Å². The summed E-state index contributed by atoms with van der Waals surface area (Å²) in [5.74, 6) is 0. The van der Waals surface area contributed by atoms with Crippen molar-refractivity contribution in [3.05, 3.63) is 48.6 Å². The molecule has 0 amide bonds. The van der Waals surface area contributed by atoms with Crippen LogP contribution in [-0.2, 0) is 0 Å². The predicted octanol–water partition coefficient (Wildman–Crippen LogP) is 8.78. The Hall–Kier alpha value is -1.37. The van der Waals surface area contributed by atoms with Gasteiger partial charge >= 0.3 is 0 Å². The van der Waals surface area contributed by atoms with E-state index in [1.807, 2.05) is 0 Å². The van der Waals surface area contributed by atoms with E-state index in [4.69, 9.17) is 0 Å². The number of unbranched alkanes of at least 4 members (excludes halogenated alkanes) is 7. The van der Waals surface area contributed by atoms with E-state index >= 15 is 0 Å². The Morgan fingerprint density at radius 2 is 1.00 bits per heavy atom. The number of nitrogens with zero attached hydrogens (tertiary/aromatic N) is 1. The third kappa shape index (κ3) is 24.6. The molecule has 0 unspecified atom stereocenters. The Balaban J connectivity index is 3.35. The molecule has 0 aromatic heterocycles. The second-order valence-electron chi connectivity index (χ2n) is 8.16. The van der Waals surface area contributed by atoms with Crippen LogP contribution in [0.2, 0.25) is 0 Å². The van der Waals surface area contributed by atoms with E-state index in [0.29, 0.717) is 0 Å². The van der Waals surface area contributed by atoms with Gasteiger partial charge in [0.2, 0.25) is 0 Å². The number of hydrogen-bond donors (Lipinski definition) is 0. The molecule has 0 saturated carbocycles. The zero-order chi connectivity index (χ0) is 20.1. The predicted molar refractivity (Wildman–Crippen MR) is 126 cm³/mol. The highest BCUT2D eigenvalue weighted by Crippen LogP contribution is 2.07. The summed E-state index contributed by atoms with van der Waals surface area (Å²) in [6.07, 6.45) is 35.1. The van der Waals surface area contributed by atoms with Crippen LogP contribution in [0.5, 0.6) is 0 Å². The van der Waals surface area contributed by atoms with Crippen LogP contribution in [0, 0.1) is 0 Å². The SMILES string of the molecule is CC/C=C\C/C=C\CCCC/C=C\CCCC/C=C\CCC=NC(C)(C)C. The fourth-order valence-electron chi connectivity index (χ4n) is 2.58. The molecule has 0 radical (unpaired) electrons. The molecule has 0 aliphatic carbocycles. The first-order valence-electron chi connectivity index (χ1n) is 11.2. The van der Waals surface area contributed by atoms with Crippen LogP contribution in [0.15, 0.2) is 53.6 Å². The lowest BCUT2D eigenvalue weighted by atomic mass is 10.1. The van der Waals surface area contributed by atoms with Crippen molar-refractivity contribution in [3.63, 3.8) is 0 Å². The summed E-state index contributed by atoms with van der Waals surface area (Å²) in [7, 11) is 0. The molecular weight excluding hydrogens is 326 g/mol. The second kappa shape index (κ2) is 19.4. The second-order valence-corrected chi connectivity index (χ2v) is 8.16. The third-order valence-corrected chi connectivity index (χ3v) is 4.10. The molecule has 0 fully saturated rings. The maximum Gasteiger partial charge on any atom is 0.0520 e. The highest BCUT2D eigenvalue weighted by atomic mass is 14.8. The van der Waals surface area contributed by atoms with E-state index in [9.17, 15) is 0 Å². The molecule has 0 aliphatic rings. The van der Waals surface area contributed by atoms with Crippen LogP contribution in [0.4, 0.5) is 0 Å². The lowest BCUT2D eigenvalue weighted by molar-refractivity contribution is 0.585. The molecular formula is C26H45N. The maximum absolute atomic E-state index is 4.50. The van der Waals surface area contributed by atoms with Gasteiger partial charge in [0.1, 0.15) is 0 Å². The van der Waals surface area contributed by atoms with Crippen molar-refractivity contribution in [2.45, 2.75) is 110 Å². The highest BCUT2D eigenvalue weighted by molar-refractivity contribution is 5.57. The molecule has 1 nitrogen and oxygen atoms in total. The molecule has 0 atom stereocenters. The minimum atomic E-state index is 0.0694. The van der Waals surface area contributed by atoms with Crippen LogP contribution < -0.4 is 0 Å². The van der Waals surface area contributed by atoms with Crippen LogP contribution >= 0.6 is 0 Å². The Labute approximate surface area is 170 Å². The van der Waals surface area contributed by atoms with Crippen molar-refractivity contribution in [2.24, 2.45) is 4.99 Å². The van der Waals surface area contributed by atoms with Crippen molar-refractivity contribution < 1.29 is 0 Å². The number of aliphatic imine (C=N–C) groups is 1. The van der Waals surface area contributed by atoms with Crippen molar-refractivity contribution >= 4 is 6.21 Å². The first kappa shape index (κ1) is 25.6. The summed E-state index contributed by atoms with van der Waals surface area (Å²) in [6, 6.07) is 0. The topological polar surface area (TPSA) is 12.4 Å². The van der Waals surface area contributed by atoms with Gasteiger partial charge in [0.05, 0.1) is 5.54 Å². The van der Waals surface area contributed by atoms with Crippen LogP contribution in [0.25, 0.3) is 0 Å². The molecule has 0 aromatic rings. The zero-order valence-corrected chi connectivity index (χ0v) is 18.6. The number of rotatable bonds is 16. The summed E-state index contributed by atoms with van der Waals surface area (Å²) in [5, 5.41) is 0. The fourth-order valence-corrected chi connectivity index (χ4v) is 2.58. The number of allylic oxidation sites excluding steroid dienone is 8. The maximum atomic E-state index is 4.50. The first-order valence-corrected chi connectivity index (χ1v) is 11.2. The zero-order valence-electron chi connectivity index (χ0n) is 18.6. The Morgan fingerprint density at radius 1 is 0.556 bits per heavy atom. The summed E-state index contributed by atoms with van der Waals surface area (Å²) < 4.78 is 0. The average molecular weight is 372 g/mol. The molecule has 0 bridgehead atoms. The molecule has 0 heterocycles. The molecule has 0 saturated heterocycles. The van der Waals surface area contributed by atoms with Gasteiger partial charge in [-0.3, -0.25) is 4.99 Å². The molecule has 0 N–H and O–H groups in total. The average Bonchev–Trinajstić information content (AvgIpc) is 2.62. The van der Waals surface area contributed by atoms with Gasteiger partial charge in [0, 0.05) is 0 Å². The van der Waals surface area contributed by atoms with Crippen molar-refractivity contribution in [1.29, 1.82) is 0 Å². The van der Waals surface area contributed by atoms with Crippen molar-refractivity contribution in [2.75, 3.05) is 0 Å².